The number of amides is 3. The lowest BCUT2D eigenvalue weighted by Crippen LogP contribution is -2.27. The van der Waals surface area contributed by atoms with E-state index in [4.69, 9.17) is 4.74 Å². The fourth-order valence-electron chi connectivity index (χ4n) is 3.76. The van der Waals surface area contributed by atoms with Crippen LogP contribution in [0.4, 0.5) is 5.69 Å². The molecule has 35 heavy (non-hydrogen) atoms. The number of anilines is 1. The Bertz CT molecular complexity index is 1440. The Morgan fingerprint density at radius 3 is 2.34 bits per heavy atom. The smallest absolute Gasteiger partial charge is 0.261 e. The number of hydrogen-bond acceptors (Lipinski definition) is 6. The molecule has 1 heterocycles. The molecule has 4 rings (SSSR count). The molecule has 1 N–H and O–H groups in total. The first-order chi connectivity index (χ1) is 16.6. The van der Waals surface area contributed by atoms with Crippen molar-refractivity contribution in [3.63, 3.8) is 0 Å². The Kier molecular flexibility index (Phi) is 6.42. The Labute approximate surface area is 203 Å². The molecule has 0 aromatic heterocycles. The Balaban J connectivity index is 1.61. The summed E-state index contributed by atoms with van der Waals surface area (Å²) in [4.78, 5) is 38.1. The van der Waals surface area contributed by atoms with Crippen molar-refractivity contribution < 1.29 is 27.5 Å². The van der Waals surface area contributed by atoms with E-state index >= 15 is 0 Å². The minimum atomic E-state index is -4.00. The van der Waals surface area contributed by atoms with E-state index in [0.29, 0.717) is 5.69 Å². The molecule has 0 saturated carbocycles. The molecule has 0 fully saturated rings. The summed E-state index contributed by atoms with van der Waals surface area (Å²) in [6.45, 7) is 0.138. The Morgan fingerprint density at radius 1 is 0.971 bits per heavy atom. The molecule has 0 atom stereocenters. The van der Waals surface area contributed by atoms with Crippen LogP contribution in [-0.4, -0.2) is 56.5 Å². The summed E-state index contributed by atoms with van der Waals surface area (Å²) in [6.07, 6.45) is 0. The highest BCUT2D eigenvalue weighted by Gasteiger charge is 2.33. The van der Waals surface area contributed by atoms with Crippen LogP contribution in [0.15, 0.2) is 71.6 Å². The molecule has 0 aliphatic carbocycles. The maximum Gasteiger partial charge on any atom is 0.261 e. The number of ether oxygens (including phenoxy) is 1. The molecular weight excluding hydrogens is 470 g/mol. The quantitative estimate of drug-likeness (QED) is 0.507. The van der Waals surface area contributed by atoms with Gasteiger partial charge in [0, 0.05) is 31.9 Å². The van der Waals surface area contributed by atoms with E-state index in [-0.39, 0.29) is 33.9 Å². The number of sulfonamides is 1. The van der Waals surface area contributed by atoms with Crippen molar-refractivity contribution in [3.8, 4) is 5.75 Å². The minimum Gasteiger partial charge on any atom is -0.495 e. The average molecular weight is 494 g/mol. The summed E-state index contributed by atoms with van der Waals surface area (Å²) in [5, 5.41) is 2.65. The largest absolute Gasteiger partial charge is 0.495 e. The highest BCUT2D eigenvalue weighted by Crippen LogP contribution is 2.29. The number of benzene rings is 3. The predicted molar refractivity (Wildman–Crippen MR) is 129 cm³/mol. The standard InChI is InChI=1S/C25H23N3O6S/c1-27(15-16-7-5-4-6-8-16)35(32,33)22-13-17(9-12-21(22)34-3)23(29)26-18-10-11-19-20(14-18)25(31)28(2)24(19)30/h4-14H,15H2,1-3H3,(H,26,29). The van der Waals surface area contributed by atoms with Crippen molar-refractivity contribution in [3.05, 3.63) is 89.0 Å². The predicted octanol–water partition coefficient (Wildman–Crippen LogP) is 2.99. The summed E-state index contributed by atoms with van der Waals surface area (Å²) in [5.74, 6) is -1.35. The van der Waals surface area contributed by atoms with E-state index in [2.05, 4.69) is 5.32 Å². The van der Waals surface area contributed by atoms with Crippen molar-refractivity contribution in [1.29, 1.82) is 0 Å². The third kappa shape index (κ3) is 4.53. The molecule has 1 aliphatic heterocycles. The average Bonchev–Trinajstić information content (AvgIpc) is 3.07. The second-order valence-corrected chi connectivity index (χ2v) is 10.0. The van der Waals surface area contributed by atoms with E-state index in [1.807, 2.05) is 30.3 Å². The molecular formula is C25H23N3O6S. The van der Waals surface area contributed by atoms with Crippen LogP contribution in [0.1, 0.15) is 36.6 Å². The normalized spacial score (nSPS) is 13.2. The van der Waals surface area contributed by atoms with Gasteiger partial charge in [-0.2, -0.15) is 4.31 Å². The molecule has 1 aliphatic rings. The first-order valence-electron chi connectivity index (χ1n) is 10.6. The van der Waals surface area contributed by atoms with Crippen LogP contribution in [0.2, 0.25) is 0 Å². The molecule has 180 valence electrons. The summed E-state index contributed by atoms with van der Waals surface area (Å²) in [7, 11) is 0.195. The van der Waals surface area contributed by atoms with E-state index in [9.17, 15) is 22.8 Å². The zero-order chi connectivity index (χ0) is 25.3. The van der Waals surface area contributed by atoms with Gasteiger partial charge < -0.3 is 10.1 Å². The lowest BCUT2D eigenvalue weighted by molar-refractivity contribution is 0.0692. The summed E-state index contributed by atoms with van der Waals surface area (Å²) in [6, 6.07) is 17.6. The van der Waals surface area contributed by atoms with Gasteiger partial charge in [-0.05, 0) is 42.0 Å². The van der Waals surface area contributed by atoms with Crippen molar-refractivity contribution in [1.82, 2.24) is 9.21 Å². The van der Waals surface area contributed by atoms with Gasteiger partial charge in [-0.1, -0.05) is 30.3 Å². The van der Waals surface area contributed by atoms with Gasteiger partial charge >= 0.3 is 0 Å². The molecule has 0 unspecified atom stereocenters. The Morgan fingerprint density at radius 2 is 1.66 bits per heavy atom. The second kappa shape index (κ2) is 9.32. The molecule has 9 nitrogen and oxygen atoms in total. The van der Waals surface area contributed by atoms with Crippen LogP contribution in [0.25, 0.3) is 0 Å². The van der Waals surface area contributed by atoms with Crippen molar-refractivity contribution >= 4 is 33.4 Å². The van der Waals surface area contributed by atoms with Crippen molar-refractivity contribution in [2.24, 2.45) is 0 Å². The minimum absolute atomic E-state index is 0.0810. The lowest BCUT2D eigenvalue weighted by atomic mass is 10.1. The van der Waals surface area contributed by atoms with E-state index in [1.165, 1.54) is 61.9 Å². The van der Waals surface area contributed by atoms with Gasteiger partial charge in [-0.25, -0.2) is 8.42 Å². The van der Waals surface area contributed by atoms with Crippen LogP contribution in [0.5, 0.6) is 5.75 Å². The third-order valence-corrected chi connectivity index (χ3v) is 7.53. The lowest BCUT2D eigenvalue weighted by Gasteiger charge is -2.19. The van der Waals surface area contributed by atoms with Gasteiger partial charge in [-0.3, -0.25) is 19.3 Å². The number of imide groups is 1. The van der Waals surface area contributed by atoms with Crippen LogP contribution in [0, 0.1) is 0 Å². The van der Waals surface area contributed by atoms with Crippen LogP contribution >= 0.6 is 0 Å². The number of carbonyl (C=O) groups is 3. The summed E-state index contributed by atoms with van der Waals surface area (Å²) >= 11 is 0. The SMILES string of the molecule is COc1ccc(C(=O)Nc2ccc3c(c2)C(=O)N(C)C3=O)cc1S(=O)(=O)N(C)Cc1ccccc1. The van der Waals surface area contributed by atoms with Crippen LogP contribution in [-0.2, 0) is 16.6 Å². The van der Waals surface area contributed by atoms with Gasteiger partial charge in [0.2, 0.25) is 10.0 Å². The van der Waals surface area contributed by atoms with E-state index in [0.717, 1.165) is 10.5 Å². The molecule has 3 aromatic carbocycles. The maximum absolute atomic E-state index is 13.3. The fourth-order valence-corrected chi connectivity index (χ4v) is 5.09. The highest BCUT2D eigenvalue weighted by atomic mass is 32.2. The zero-order valence-electron chi connectivity index (χ0n) is 19.3. The number of methoxy groups -OCH3 is 1. The number of rotatable bonds is 7. The number of hydrogen-bond donors (Lipinski definition) is 1. The Hall–Kier alpha value is -4.02. The van der Waals surface area contributed by atoms with Crippen LogP contribution < -0.4 is 10.1 Å². The molecule has 3 amide bonds. The maximum atomic E-state index is 13.3. The van der Waals surface area contributed by atoms with Gasteiger partial charge in [0.25, 0.3) is 17.7 Å². The number of fused-ring (bicyclic) bond motifs is 1. The van der Waals surface area contributed by atoms with Crippen molar-refractivity contribution in [2.75, 3.05) is 26.5 Å². The first-order valence-corrected chi connectivity index (χ1v) is 12.0. The van der Waals surface area contributed by atoms with Crippen molar-refractivity contribution in [2.45, 2.75) is 11.4 Å². The molecule has 0 bridgehead atoms. The second-order valence-electron chi connectivity index (χ2n) is 8.00. The third-order valence-electron chi connectivity index (χ3n) is 5.71. The van der Waals surface area contributed by atoms with Crippen LogP contribution in [0.3, 0.4) is 0 Å². The molecule has 10 heteroatoms. The molecule has 3 aromatic rings. The number of carbonyl (C=O) groups excluding carboxylic acids is 3. The topological polar surface area (TPSA) is 113 Å². The molecule has 0 radical (unpaired) electrons. The highest BCUT2D eigenvalue weighted by molar-refractivity contribution is 7.89. The number of nitrogens with one attached hydrogen (secondary N) is 1. The monoisotopic (exact) mass is 493 g/mol. The molecule has 0 spiro atoms. The van der Waals surface area contributed by atoms with Gasteiger partial charge in [0.15, 0.2) is 0 Å². The zero-order valence-corrected chi connectivity index (χ0v) is 20.1. The van der Waals surface area contributed by atoms with E-state index in [1.54, 1.807) is 0 Å². The van der Waals surface area contributed by atoms with Gasteiger partial charge in [0.1, 0.15) is 10.6 Å². The first kappa shape index (κ1) is 24.1. The van der Waals surface area contributed by atoms with E-state index < -0.39 is 27.7 Å². The fraction of sp³-hybridized carbons (Fsp3) is 0.160. The number of nitrogens with zero attached hydrogens (tertiary/aromatic N) is 2. The van der Waals surface area contributed by atoms with Gasteiger partial charge in [-0.15, -0.1) is 0 Å². The summed E-state index contributed by atoms with van der Waals surface area (Å²) < 4.78 is 33.1. The summed E-state index contributed by atoms with van der Waals surface area (Å²) in [5.41, 5.74) is 1.64. The molecule has 0 saturated heterocycles. The van der Waals surface area contributed by atoms with Gasteiger partial charge in [0.05, 0.1) is 18.2 Å².